The highest BCUT2D eigenvalue weighted by atomic mass is 16.5. The smallest absolute Gasteiger partial charge is 0.339 e. The summed E-state index contributed by atoms with van der Waals surface area (Å²) in [5, 5.41) is 9.15. The summed E-state index contributed by atoms with van der Waals surface area (Å²) in [5.41, 5.74) is 0.616. The third-order valence-corrected chi connectivity index (χ3v) is 3.92. The lowest BCUT2D eigenvalue weighted by Gasteiger charge is -2.52. The number of carboxylic acids is 1. The predicted octanol–water partition coefficient (Wildman–Crippen LogP) is 1.40. The second-order valence-electron chi connectivity index (χ2n) is 5.15. The van der Waals surface area contributed by atoms with E-state index in [-0.39, 0.29) is 0 Å². The van der Waals surface area contributed by atoms with Crippen LogP contribution in [0, 0.1) is 5.41 Å². The van der Waals surface area contributed by atoms with E-state index in [1.165, 1.54) is 0 Å². The van der Waals surface area contributed by atoms with Gasteiger partial charge in [-0.05, 0) is 25.0 Å². The predicted molar refractivity (Wildman–Crippen MR) is 65.9 cm³/mol. The van der Waals surface area contributed by atoms with E-state index in [0.29, 0.717) is 16.8 Å². The van der Waals surface area contributed by atoms with Gasteiger partial charge >= 0.3 is 5.97 Å². The van der Waals surface area contributed by atoms with Crippen molar-refractivity contribution in [2.75, 3.05) is 31.2 Å². The summed E-state index contributed by atoms with van der Waals surface area (Å²) in [6.45, 7) is 3.44. The molecule has 1 aromatic heterocycles. The van der Waals surface area contributed by atoms with Gasteiger partial charge in [0.15, 0.2) is 0 Å². The normalized spacial score (nSPS) is 21.7. The number of aromatic nitrogens is 1. The molecule has 0 aliphatic carbocycles. The fourth-order valence-electron chi connectivity index (χ4n) is 2.85. The number of rotatable bonds is 2. The van der Waals surface area contributed by atoms with Crippen LogP contribution in [0.5, 0.6) is 0 Å². The van der Waals surface area contributed by atoms with Crippen LogP contribution in [0.3, 0.4) is 0 Å². The third kappa shape index (κ3) is 1.84. The first kappa shape index (κ1) is 11.5. The molecule has 1 aromatic rings. The summed E-state index contributed by atoms with van der Waals surface area (Å²) in [5.74, 6) is -0.312. The number of hydrogen-bond acceptors (Lipinski definition) is 4. The quantitative estimate of drug-likeness (QED) is 0.857. The first-order valence-electron chi connectivity index (χ1n) is 6.21. The molecular formula is C13H16N2O3. The molecule has 0 unspecified atom stereocenters. The molecule has 2 saturated heterocycles. The topological polar surface area (TPSA) is 62.7 Å². The zero-order chi connectivity index (χ0) is 12.6. The first-order valence-corrected chi connectivity index (χ1v) is 6.21. The summed E-state index contributed by atoms with van der Waals surface area (Å²) in [6, 6.07) is 3.27. The van der Waals surface area contributed by atoms with Gasteiger partial charge in [0, 0.05) is 37.9 Å². The molecule has 2 aliphatic heterocycles. The highest BCUT2D eigenvalue weighted by Crippen LogP contribution is 2.42. The molecule has 0 radical (unpaired) electrons. The van der Waals surface area contributed by atoms with Crippen molar-refractivity contribution in [3.05, 3.63) is 23.9 Å². The van der Waals surface area contributed by atoms with Crippen molar-refractivity contribution >= 4 is 11.8 Å². The van der Waals surface area contributed by atoms with Crippen molar-refractivity contribution in [2.45, 2.75) is 12.8 Å². The van der Waals surface area contributed by atoms with E-state index in [0.717, 1.165) is 39.1 Å². The van der Waals surface area contributed by atoms with Crippen LogP contribution in [-0.4, -0.2) is 42.4 Å². The van der Waals surface area contributed by atoms with Crippen LogP contribution >= 0.6 is 0 Å². The minimum absolute atomic E-state index is 0.291. The maximum Gasteiger partial charge on any atom is 0.339 e. The molecular weight excluding hydrogens is 232 g/mol. The van der Waals surface area contributed by atoms with Crippen LogP contribution in [0.25, 0.3) is 0 Å². The Kier molecular flexibility index (Phi) is 2.70. The molecule has 1 N–H and O–H groups in total. The Labute approximate surface area is 105 Å². The molecule has 1 spiro atoms. The van der Waals surface area contributed by atoms with Crippen LogP contribution in [0.2, 0.25) is 0 Å². The van der Waals surface area contributed by atoms with Crippen LogP contribution in [-0.2, 0) is 4.74 Å². The molecule has 3 rings (SSSR count). The number of anilines is 1. The molecule has 0 aromatic carbocycles. The molecule has 0 bridgehead atoms. The molecule has 5 heteroatoms. The van der Waals surface area contributed by atoms with Gasteiger partial charge in [-0.25, -0.2) is 9.78 Å². The maximum atomic E-state index is 11.1. The van der Waals surface area contributed by atoms with E-state index in [1.54, 1.807) is 18.3 Å². The van der Waals surface area contributed by atoms with Crippen molar-refractivity contribution < 1.29 is 14.6 Å². The molecule has 3 heterocycles. The lowest BCUT2D eigenvalue weighted by Crippen LogP contribution is -2.59. The zero-order valence-corrected chi connectivity index (χ0v) is 10.1. The third-order valence-electron chi connectivity index (χ3n) is 3.92. The van der Waals surface area contributed by atoms with Crippen molar-refractivity contribution in [3.8, 4) is 0 Å². The summed E-state index contributed by atoms with van der Waals surface area (Å²) in [7, 11) is 0. The van der Waals surface area contributed by atoms with Gasteiger partial charge in [0.05, 0.1) is 0 Å². The highest BCUT2D eigenvalue weighted by Gasteiger charge is 2.45. The van der Waals surface area contributed by atoms with Crippen molar-refractivity contribution in [1.82, 2.24) is 4.98 Å². The summed E-state index contributed by atoms with van der Waals surface area (Å²) >= 11 is 0. The molecule has 96 valence electrons. The molecule has 0 amide bonds. The number of carbonyl (C=O) groups is 1. The minimum atomic E-state index is -0.911. The SMILES string of the molecule is O=C(O)c1cccnc1N1CC2(CCOCC2)C1. The van der Waals surface area contributed by atoms with E-state index in [4.69, 9.17) is 9.84 Å². The largest absolute Gasteiger partial charge is 0.478 e. The second kappa shape index (κ2) is 4.24. The molecule has 18 heavy (non-hydrogen) atoms. The van der Waals surface area contributed by atoms with Gasteiger partial charge in [-0.1, -0.05) is 0 Å². The van der Waals surface area contributed by atoms with E-state index < -0.39 is 5.97 Å². The summed E-state index contributed by atoms with van der Waals surface area (Å²) in [6.07, 6.45) is 3.79. The van der Waals surface area contributed by atoms with Gasteiger partial charge in [0.1, 0.15) is 11.4 Å². The Balaban J connectivity index is 1.76. The molecule has 0 atom stereocenters. The average molecular weight is 248 g/mol. The standard InChI is InChI=1S/C13H16N2O3/c16-12(17)10-2-1-5-14-11(10)15-8-13(9-15)3-6-18-7-4-13/h1-2,5H,3-4,6-9H2,(H,16,17). The second-order valence-corrected chi connectivity index (χ2v) is 5.15. The van der Waals surface area contributed by atoms with Gasteiger partial charge in [-0.15, -0.1) is 0 Å². The van der Waals surface area contributed by atoms with E-state index in [2.05, 4.69) is 9.88 Å². The number of pyridine rings is 1. The van der Waals surface area contributed by atoms with Crippen molar-refractivity contribution in [1.29, 1.82) is 0 Å². The van der Waals surface area contributed by atoms with Crippen LogP contribution in [0.1, 0.15) is 23.2 Å². The number of aromatic carboxylic acids is 1. The van der Waals surface area contributed by atoms with Crippen molar-refractivity contribution in [3.63, 3.8) is 0 Å². The Hall–Kier alpha value is -1.62. The number of hydrogen-bond donors (Lipinski definition) is 1. The number of carboxylic acid groups (broad SMARTS) is 1. The summed E-state index contributed by atoms with van der Waals surface area (Å²) in [4.78, 5) is 17.4. The van der Waals surface area contributed by atoms with Crippen LogP contribution in [0.15, 0.2) is 18.3 Å². The average Bonchev–Trinajstić information content (AvgIpc) is 2.37. The van der Waals surface area contributed by atoms with Crippen molar-refractivity contribution in [2.24, 2.45) is 5.41 Å². The lowest BCUT2D eigenvalue weighted by molar-refractivity contribution is -0.000567. The molecule has 2 aliphatic rings. The number of nitrogens with zero attached hydrogens (tertiary/aromatic N) is 2. The van der Waals surface area contributed by atoms with Gasteiger partial charge in [0.25, 0.3) is 0 Å². The lowest BCUT2D eigenvalue weighted by atomic mass is 9.73. The Morgan fingerprint density at radius 3 is 2.78 bits per heavy atom. The van der Waals surface area contributed by atoms with Gasteiger partial charge < -0.3 is 14.7 Å². The summed E-state index contributed by atoms with van der Waals surface area (Å²) < 4.78 is 5.38. The minimum Gasteiger partial charge on any atom is -0.478 e. The monoisotopic (exact) mass is 248 g/mol. The first-order chi connectivity index (χ1) is 8.70. The van der Waals surface area contributed by atoms with Crippen LogP contribution in [0.4, 0.5) is 5.82 Å². The Bertz CT molecular complexity index is 461. The molecule has 5 nitrogen and oxygen atoms in total. The maximum absolute atomic E-state index is 11.1. The molecule has 0 saturated carbocycles. The molecule has 2 fully saturated rings. The Morgan fingerprint density at radius 1 is 1.39 bits per heavy atom. The van der Waals surface area contributed by atoms with Gasteiger partial charge in [-0.3, -0.25) is 0 Å². The van der Waals surface area contributed by atoms with Gasteiger partial charge in [0.2, 0.25) is 0 Å². The fourth-order valence-corrected chi connectivity index (χ4v) is 2.85. The van der Waals surface area contributed by atoms with Gasteiger partial charge in [-0.2, -0.15) is 0 Å². The van der Waals surface area contributed by atoms with E-state index >= 15 is 0 Å². The van der Waals surface area contributed by atoms with Crippen LogP contribution < -0.4 is 4.90 Å². The fraction of sp³-hybridized carbons (Fsp3) is 0.538. The Morgan fingerprint density at radius 2 is 2.11 bits per heavy atom. The van der Waals surface area contributed by atoms with E-state index in [1.807, 2.05) is 0 Å². The zero-order valence-electron chi connectivity index (χ0n) is 10.1. The van der Waals surface area contributed by atoms with E-state index in [9.17, 15) is 4.79 Å². The number of ether oxygens (including phenoxy) is 1. The highest BCUT2D eigenvalue weighted by molar-refractivity contribution is 5.93.